The monoisotopic (exact) mass is 290 g/mol. The Hall–Kier alpha value is -2.57. The number of nitrogens with one attached hydrogen (secondary N) is 1. The van der Waals surface area contributed by atoms with E-state index in [0.29, 0.717) is 17.9 Å². The number of rotatable bonds is 3. The summed E-state index contributed by atoms with van der Waals surface area (Å²) in [5.41, 5.74) is 1.39. The van der Waals surface area contributed by atoms with Gasteiger partial charge >= 0.3 is 5.65 Å². The van der Waals surface area contributed by atoms with E-state index in [1.807, 2.05) is 31.0 Å². The van der Waals surface area contributed by atoms with Crippen LogP contribution in [0.2, 0.25) is 0 Å². The number of anilines is 1. The maximum Gasteiger partial charge on any atom is 0.325 e. The van der Waals surface area contributed by atoms with Gasteiger partial charge in [0.05, 0.1) is 0 Å². The Morgan fingerprint density at radius 1 is 1.19 bits per heavy atom. The quantitative estimate of drug-likeness (QED) is 0.748. The normalized spacial score (nSPS) is 11.0. The Bertz CT molecular complexity index is 799. The number of aryl methyl sites for hydroxylation is 1. The maximum atomic E-state index is 13.2. The van der Waals surface area contributed by atoms with Crippen LogP contribution in [0.1, 0.15) is 11.4 Å². The van der Waals surface area contributed by atoms with Crippen LogP contribution < -0.4 is 9.42 Å². The average molecular weight is 290 g/mol. The molecule has 5 nitrogen and oxygen atoms in total. The molecule has 0 atom stereocenters. The summed E-state index contributed by atoms with van der Waals surface area (Å²) >= 11 is 0. The van der Waals surface area contributed by atoms with Gasteiger partial charge in [0, 0.05) is 31.7 Å². The number of hydrogen-bond acceptors (Lipinski definition) is 3. The minimum Gasteiger partial charge on any atom is -0.353 e. The second-order valence-electron chi connectivity index (χ2n) is 4.88. The van der Waals surface area contributed by atoms with Gasteiger partial charge in [0.25, 0.3) is 5.82 Å². The molecule has 0 saturated heterocycles. The van der Waals surface area contributed by atoms with E-state index in [-0.39, 0.29) is 0 Å². The zero-order valence-corrected chi connectivity index (χ0v) is 11.6. The first-order valence-electron chi connectivity index (χ1n) is 6.44. The molecule has 21 heavy (non-hydrogen) atoms. The van der Waals surface area contributed by atoms with Crippen molar-refractivity contribution in [2.24, 2.45) is 0 Å². The Morgan fingerprint density at radius 2 is 2.00 bits per heavy atom. The summed E-state index contributed by atoms with van der Waals surface area (Å²) < 4.78 is 27.8. The van der Waals surface area contributed by atoms with Gasteiger partial charge in [-0.3, -0.25) is 0 Å². The first-order valence-corrected chi connectivity index (χ1v) is 6.44. The molecule has 108 valence electrons. The molecule has 2 heterocycles. The largest absolute Gasteiger partial charge is 0.353 e. The Labute approximate surface area is 119 Å². The number of benzene rings is 1. The smallest absolute Gasteiger partial charge is 0.325 e. The standard InChI is InChI=1S/C14H13F2N5/c1-9-17-18-13-5-6-14(19-21(9)13)20(2)8-10-3-4-11(15)12(16)7-10/h3-7H,8H2,1-2H3/p+1. The molecule has 0 unspecified atom stereocenters. The number of H-pyrrole nitrogens is 1. The number of halogens is 2. The van der Waals surface area contributed by atoms with E-state index in [2.05, 4.69) is 15.3 Å². The number of aromatic amines is 1. The van der Waals surface area contributed by atoms with Gasteiger partial charge in [-0.25, -0.2) is 8.78 Å². The predicted molar refractivity (Wildman–Crippen MR) is 72.7 cm³/mol. The summed E-state index contributed by atoms with van der Waals surface area (Å²) in [6, 6.07) is 7.55. The summed E-state index contributed by atoms with van der Waals surface area (Å²) in [7, 11) is 1.84. The van der Waals surface area contributed by atoms with Crippen LogP contribution in [0.25, 0.3) is 5.65 Å². The van der Waals surface area contributed by atoms with Crippen LogP contribution in [0.4, 0.5) is 14.6 Å². The van der Waals surface area contributed by atoms with Gasteiger partial charge in [0.2, 0.25) is 0 Å². The van der Waals surface area contributed by atoms with Crippen LogP contribution in [0, 0.1) is 18.6 Å². The van der Waals surface area contributed by atoms with Gasteiger partial charge in [-0.2, -0.15) is 0 Å². The molecule has 7 heteroatoms. The SMILES string of the molecule is Cc1[nH]nc2ccc(N(C)Cc3ccc(F)c(F)c3)n[n+]12. The average Bonchev–Trinajstić information content (AvgIpc) is 2.84. The highest BCUT2D eigenvalue weighted by molar-refractivity contribution is 5.41. The highest BCUT2D eigenvalue weighted by Crippen LogP contribution is 2.14. The fraction of sp³-hybridized carbons (Fsp3) is 0.214. The maximum absolute atomic E-state index is 13.2. The lowest BCUT2D eigenvalue weighted by Crippen LogP contribution is -2.31. The Morgan fingerprint density at radius 3 is 2.76 bits per heavy atom. The van der Waals surface area contributed by atoms with E-state index in [9.17, 15) is 8.78 Å². The van der Waals surface area contributed by atoms with Crippen LogP contribution in [0.3, 0.4) is 0 Å². The molecule has 0 amide bonds. The van der Waals surface area contributed by atoms with E-state index < -0.39 is 11.6 Å². The van der Waals surface area contributed by atoms with Crippen molar-refractivity contribution in [1.29, 1.82) is 0 Å². The van der Waals surface area contributed by atoms with Crippen molar-refractivity contribution in [3.63, 3.8) is 0 Å². The molecule has 1 N–H and O–H groups in total. The summed E-state index contributed by atoms with van der Waals surface area (Å²) in [6.07, 6.45) is 0. The lowest BCUT2D eigenvalue weighted by molar-refractivity contribution is -0.586. The Balaban J connectivity index is 1.87. The molecule has 0 bridgehead atoms. The van der Waals surface area contributed by atoms with Gasteiger partial charge < -0.3 is 4.90 Å². The van der Waals surface area contributed by atoms with E-state index >= 15 is 0 Å². The fourth-order valence-electron chi connectivity index (χ4n) is 2.12. The van der Waals surface area contributed by atoms with Gasteiger partial charge in [-0.05, 0) is 23.8 Å². The molecule has 3 aromatic rings. The Kier molecular flexibility index (Phi) is 3.25. The fourth-order valence-corrected chi connectivity index (χ4v) is 2.12. The van der Waals surface area contributed by atoms with Gasteiger partial charge in [0.1, 0.15) is 0 Å². The molecule has 0 aliphatic rings. The predicted octanol–water partition coefficient (Wildman–Crippen LogP) is 1.77. The van der Waals surface area contributed by atoms with Crippen molar-refractivity contribution in [2.75, 3.05) is 11.9 Å². The first-order chi connectivity index (χ1) is 10.0. The van der Waals surface area contributed by atoms with Crippen molar-refractivity contribution in [3.8, 4) is 0 Å². The molecule has 2 aromatic heterocycles. The molecule has 0 fully saturated rings. The third kappa shape index (κ3) is 2.54. The molecular weight excluding hydrogens is 276 g/mol. The summed E-state index contributed by atoms with van der Waals surface area (Å²) in [5, 5.41) is 11.4. The highest BCUT2D eigenvalue weighted by atomic mass is 19.2. The van der Waals surface area contributed by atoms with E-state index in [0.717, 1.165) is 17.5 Å². The van der Waals surface area contributed by atoms with Crippen LogP contribution in [-0.4, -0.2) is 22.3 Å². The number of hydrogen-bond donors (Lipinski definition) is 1. The summed E-state index contributed by atoms with van der Waals surface area (Å²) in [5.74, 6) is -0.162. The second kappa shape index (κ2) is 5.08. The van der Waals surface area contributed by atoms with Crippen molar-refractivity contribution >= 4 is 11.5 Å². The van der Waals surface area contributed by atoms with E-state index in [1.165, 1.54) is 6.07 Å². The van der Waals surface area contributed by atoms with Crippen molar-refractivity contribution < 1.29 is 13.3 Å². The van der Waals surface area contributed by atoms with Crippen molar-refractivity contribution in [1.82, 2.24) is 15.3 Å². The summed E-state index contributed by atoms with van der Waals surface area (Å²) in [4.78, 5) is 1.85. The lowest BCUT2D eigenvalue weighted by atomic mass is 10.2. The molecule has 0 spiro atoms. The molecule has 3 rings (SSSR count). The van der Waals surface area contributed by atoms with Gasteiger partial charge in [0.15, 0.2) is 17.5 Å². The van der Waals surface area contributed by atoms with E-state index in [1.54, 1.807) is 10.6 Å². The van der Waals surface area contributed by atoms with Crippen LogP contribution >= 0.6 is 0 Å². The zero-order chi connectivity index (χ0) is 15.0. The lowest BCUT2D eigenvalue weighted by Gasteiger charge is -2.17. The number of fused-ring (bicyclic) bond motifs is 1. The third-order valence-corrected chi connectivity index (χ3v) is 3.25. The number of nitrogens with zero attached hydrogens (tertiary/aromatic N) is 4. The molecule has 1 aromatic carbocycles. The van der Waals surface area contributed by atoms with Gasteiger partial charge in [-0.15, -0.1) is 5.10 Å². The van der Waals surface area contributed by atoms with Crippen LogP contribution in [0.5, 0.6) is 0 Å². The minimum atomic E-state index is -0.843. The van der Waals surface area contributed by atoms with Crippen LogP contribution in [-0.2, 0) is 6.54 Å². The molecule has 0 radical (unpaired) electrons. The molecule has 0 aliphatic carbocycles. The number of aromatic nitrogens is 4. The molecular formula is C14H14F2N5+. The van der Waals surface area contributed by atoms with Crippen molar-refractivity contribution in [3.05, 3.63) is 53.4 Å². The van der Waals surface area contributed by atoms with E-state index in [4.69, 9.17) is 0 Å². The zero-order valence-electron chi connectivity index (χ0n) is 11.6. The topological polar surface area (TPSA) is 48.9 Å². The summed E-state index contributed by atoms with van der Waals surface area (Å²) in [6.45, 7) is 2.29. The molecule has 0 aliphatic heterocycles. The minimum absolute atomic E-state index is 0.424. The second-order valence-corrected chi connectivity index (χ2v) is 4.88. The van der Waals surface area contributed by atoms with Crippen LogP contribution in [0.15, 0.2) is 30.3 Å². The highest BCUT2D eigenvalue weighted by Gasteiger charge is 2.13. The first kappa shape index (κ1) is 13.4. The van der Waals surface area contributed by atoms with Crippen molar-refractivity contribution in [2.45, 2.75) is 13.5 Å². The third-order valence-electron chi connectivity index (χ3n) is 3.25. The molecule has 0 saturated carbocycles. The van der Waals surface area contributed by atoms with Gasteiger partial charge in [-0.1, -0.05) is 15.7 Å².